The Bertz CT molecular complexity index is 957. The van der Waals surface area contributed by atoms with Crippen LogP contribution in [-0.2, 0) is 6.42 Å². The van der Waals surface area contributed by atoms with Crippen LogP contribution in [0.1, 0.15) is 54.4 Å². The Kier molecular flexibility index (Phi) is 6.23. The van der Waals surface area contributed by atoms with Crippen LogP contribution < -0.4 is 10.2 Å². The predicted octanol–water partition coefficient (Wildman–Crippen LogP) is 5.83. The van der Waals surface area contributed by atoms with Crippen molar-refractivity contribution in [1.29, 1.82) is 0 Å². The number of nitrogens with one attached hydrogen (secondary N) is 1. The summed E-state index contributed by atoms with van der Waals surface area (Å²) in [6.07, 6.45) is 8.79. The minimum Gasteiger partial charge on any atom is -0.371 e. The number of carbonyl (C=O) groups is 1. The van der Waals surface area contributed by atoms with Gasteiger partial charge in [-0.3, -0.25) is 14.9 Å². The lowest BCUT2D eigenvalue weighted by molar-refractivity contribution is -0.384. The number of amides is 1. The second kappa shape index (κ2) is 9.04. The second-order valence-corrected chi connectivity index (χ2v) is 8.68. The van der Waals surface area contributed by atoms with E-state index in [2.05, 4.69) is 16.3 Å². The van der Waals surface area contributed by atoms with Crippen LogP contribution in [0.3, 0.4) is 0 Å². The van der Waals surface area contributed by atoms with Gasteiger partial charge in [0.1, 0.15) is 0 Å². The van der Waals surface area contributed by atoms with Crippen LogP contribution in [0.2, 0.25) is 5.02 Å². The van der Waals surface area contributed by atoms with Crippen LogP contribution in [0.5, 0.6) is 0 Å². The maximum Gasteiger partial charge on any atom is 0.270 e. The normalized spacial score (nSPS) is 16.8. The van der Waals surface area contributed by atoms with Gasteiger partial charge in [0.2, 0.25) is 0 Å². The van der Waals surface area contributed by atoms with Gasteiger partial charge in [0.15, 0.2) is 0 Å². The first-order valence-electron chi connectivity index (χ1n) is 10.6. The van der Waals surface area contributed by atoms with Crippen LogP contribution in [0, 0.1) is 16.0 Å². The molecule has 4 rings (SSSR count). The van der Waals surface area contributed by atoms with Crippen molar-refractivity contribution in [3.05, 3.63) is 62.7 Å². The van der Waals surface area contributed by atoms with E-state index in [-0.39, 0.29) is 16.3 Å². The SMILES string of the molecule is O=C(Nc1ccc2c(c1)CCCN2CC1CCCCC1)c1cc([N+](=O)[O-])ccc1Cl. The van der Waals surface area contributed by atoms with E-state index in [1.807, 2.05) is 12.1 Å². The summed E-state index contributed by atoms with van der Waals surface area (Å²) >= 11 is 6.10. The first kappa shape index (κ1) is 20.7. The quantitative estimate of drug-likeness (QED) is 0.480. The average molecular weight is 428 g/mol. The number of hydrogen-bond donors (Lipinski definition) is 1. The van der Waals surface area contributed by atoms with Crippen molar-refractivity contribution in [3.8, 4) is 0 Å². The Morgan fingerprint density at radius 2 is 1.93 bits per heavy atom. The van der Waals surface area contributed by atoms with Gasteiger partial charge >= 0.3 is 0 Å². The zero-order valence-electron chi connectivity index (χ0n) is 16.9. The van der Waals surface area contributed by atoms with Crippen molar-refractivity contribution in [2.24, 2.45) is 5.92 Å². The van der Waals surface area contributed by atoms with E-state index in [0.29, 0.717) is 5.69 Å². The van der Waals surface area contributed by atoms with Gasteiger partial charge in [-0.15, -0.1) is 0 Å². The van der Waals surface area contributed by atoms with Crippen molar-refractivity contribution >= 4 is 34.6 Å². The number of rotatable bonds is 5. The second-order valence-electron chi connectivity index (χ2n) is 8.27. The molecule has 30 heavy (non-hydrogen) atoms. The number of anilines is 2. The third kappa shape index (κ3) is 4.59. The number of fused-ring (bicyclic) bond motifs is 1. The van der Waals surface area contributed by atoms with Gasteiger partial charge in [-0.05, 0) is 61.4 Å². The smallest absolute Gasteiger partial charge is 0.270 e. The molecule has 158 valence electrons. The fourth-order valence-corrected chi connectivity index (χ4v) is 4.83. The molecule has 1 aliphatic heterocycles. The van der Waals surface area contributed by atoms with E-state index in [4.69, 9.17) is 11.6 Å². The van der Waals surface area contributed by atoms with Crippen LogP contribution >= 0.6 is 11.6 Å². The van der Waals surface area contributed by atoms with Crippen molar-refractivity contribution in [3.63, 3.8) is 0 Å². The molecule has 1 amide bonds. The first-order valence-corrected chi connectivity index (χ1v) is 11.0. The van der Waals surface area contributed by atoms with Crippen molar-refractivity contribution < 1.29 is 9.72 Å². The largest absolute Gasteiger partial charge is 0.371 e. The highest BCUT2D eigenvalue weighted by Crippen LogP contribution is 2.33. The molecule has 2 aromatic carbocycles. The summed E-state index contributed by atoms with van der Waals surface area (Å²) in [7, 11) is 0. The van der Waals surface area contributed by atoms with Gasteiger partial charge in [-0.2, -0.15) is 0 Å². The van der Waals surface area contributed by atoms with E-state index in [1.54, 1.807) is 0 Å². The topological polar surface area (TPSA) is 75.5 Å². The maximum absolute atomic E-state index is 12.7. The number of aryl methyl sites for hydroxylation is 1. The summed E-state index contributed by atoms with van der Waals surface area (Å²) in [5.74, 6) is 0.332. The molecular weight excluding hydrogens is 402 g/mol. The van der Waals surface area contributed by atoms with Gasteiger partial charge < -0.3 is 10.2 Å². The molecule has 0 atom stereocenters. The summed E-state index contributed by atoms with van der Waals surface area (Å²) in [5.41, 5.74) is 3.12. The summed E-state index contributed by atoms with van der Waals surface area (Å²) in [5, 5.41) is 14.0. The Hall–Kier alpha value is -2.60. The number of hydrogen-bond acceptors (Lipinski definition) is 4. The molecule has 1 N–H and O–H groups in total. The Balaban J connectivity index is 1.49. The molecule has 6 nitrogen and oxygen atoms in total. The molecule has 1 aliphatic carbocycles. The van der Waals surface area contributed by atoms with Crippen molar-refractivity contribution in [1.82, 2.24) is 0 Å². The Morgan fingerprint density at radius 1 is 1.13 bits per heavy atom. The highest BCUT2D eigenvalue weighted by Gasteiger charge is 2.23. The first-order chi connectivity index (χ1) is 14.5. The third-order valence-corrected chi connectivity index (χ3v) is 6.49. The highest BCUT2D eigenvalue weighted by molar-refractivity contribution is 6.34. The molecule has 2 aliphatic rings. The number of halogens is 1. The number of carbonyl (C=O) groups excluding carboxylic acids is 1. The van der Waals surface area contributed by atoms with E-state index in [9.17, 15) is 14.9 Å². The van der Waals surface area contributed by atoms with Crippen LogP contribution in [0.4, 0.5) is 17.1 Å². The number of benzene rings is 2. The monoisotopic (exact) mass is 427 g/mol. The number of non-ortho nitro benzene ring substituents is 1. The lowest BCUT2D eigenvalue weighted by Gasteiger charge is -2.35. The molecule has 0 unspecified atom stereocenters. The zero-order chi connectivity index (χ0) is 21.1. The molecule has 0 saturated heterocycles. The van der Waals surface area contributed by atoms with Gasteiger partial charge in [0, 0.05) is 36.6 Å². The Morgan fingerprint density at radius 3 is 2.70 bits per heavy atom. The maximum atomic E-state index is 12.7. The average Bonchev–Trinajstić information content (AvgIpc) is 2.74. The molecular formula is C23H26ClN3O3. The highest BCUT2D eigenvalue weighted by atomic mass is 35.5. The third-order valence-electron chi connectivity index (χ3n) is 6.16. The minimum absolute atomic E-state index is 0.0995. The zero-order valence-corrected chi connectivity index (χ0v) is 17.7. The van der Waals surface area contributed by atoms with Gasteiger partial charge in [0.05, 0.1) is 15.5 Å². The van der Waals surface area contributed by atoms with E-state index in [0.717, 1.165) is 31.8 Å². The predicted molar refractivity (Wildman–Crippen MR) is 120 cm³/mol. The van der Waals surface area contributed by atoms with Crippen molar-refractivity contribution in [2.45, 2.75) is 44.9 Å². The summed E-state index contributed by atoms with van der Waals surface area (Å²) in [6.45, 7) is 2.19. The molecule has 0 aromatic heterocycles. The lowest BCUT2D eigenvalue weighted by atomic mass is 9.88. The van der Waals surface area contributed by atoms with Gasteiger partial charge in [0.25, 0.3) is 11.6 Å². The number of nitrogens with zero attached hydrogens (tertiary/aromatic N) is 2. The Labute approximate surface area is 181 Å². The van der Waals surface area contributed by atoms with E-state index in [1.165, 1.54) is 61.6 Å². The number of nitro groups is 1. The molecule has 1 heterocycles. The summed E-state index contributed by atoms with van der Waals surface area (Å²) in [6, 6.07) is 9.89. The standard InChI is InChI=1S/C23H26ClN3O3/c24-21-10-9-19(27(29)30)14-20(21)23(28)25-18-8-11-22-17(13-18)7-4-12-26(22)15-16-5-2-1-3-6-16/h8-11,13-14,16H,1-7,12,15H2,(H,25,28). The van der Waals surface area contributed by atoms with Crippen molar-refractivity contribution in [2.75, 3.05) is 23.3 Å². The molecule has 2 aromatic rings. The summed E-state index contributed by atoms with van der Waals surface area (Å²) in [4.78, 5) is 25.6. The fraction of sp³-hybridized carbons (Fsp3) is 0.435. The lowest BCUT2D eigenvalue weighted by Crippen LogP contribution is -2.34. The molecule has 0 spiro atoms. The van der Waals surface area contributed by atoms with Crippen LogP contribution in [-0.4, -0.2) is 23.9 Å². The molecule has 1 saturated carbocycles. The molecule has 0 bridgehead atoms. The minimum atomic E-state index is -0.535. The van der Waals surface area contributed by atoms with Gasteiger partial charge in [-0.25, -0.2) is 0 Å². The summed E-state index contributed by atoms with van der Waals surface area (Å²) < 4.78 is 0. The fourth-order valence-electron chi connectivity index (χ4n) is 4.62. The number of nitro benzene ring substituents is 1. The van der Waals surface area contributed by atoms with Gasteiger partial charge in [-0.1, -0.05) is 30.9 Å². The van der Waals surface area contributed by atoms with Crippen LogP contribution in [0.25, 0.3) is 0 Å². The van der Waals surface area contributed by atoms with E-state index >= 15 is 0 Å². The molecule has 7 heteroatoms. The molecule has 1 fully saturated rings. The van der Waals surface area contributed by atoms with Crippen LogP contribution in [0.15, 0.2) is 36.4 Å². The molecule has 0 radical (unpaired) electrons. The van der Waals surface area contributed by atoms with E-state index < -0.39 is 10.8 Å².